The second-order valence-electron chi connectivity index (χ2n) is 27.8. The standard InChI is InChI=1S/C66H81BN2/c1-40-32-57-59-58(33-40)69(54-36-44(61(6,7)8)22-20-41(54)2)55-37-45(62(9,10)11)23-26-51(55)67(59)52-38-49-50(66(18,19)31-30-65(49,16)17)39-56(52)68(57)53-27-24-43(60(3,4)5)35-46(53)42-21-25-47-48(34-42)64(14,15)29-28-63(47,12)13/h20-27,32-39H,28-31H2,1-19H3. The van der Waals surface area contributed by atoms with E-state index in [0.717, 1.165) is 0 Å². The SMILES string of the molecule is Cc1cc2c3c(c1)N(c1ccc(C(C)(C)C)cc1-c1ccc4c(c1)C(C)(C)CCC4(C)C)c1cc4c(cc1B3c1ccc(C(C)(C)C)cc1N2c1cc(C(C)(C)C)ccc1C)C(C)(C)CCC4(C)C. The Hall–Kier alpha value is -5.02. The fourth-order valence-corrected chi connectivity index (χ4v) is 12.7. The van der Waals surface area contributed by atoms with E-state index >= 15 is 0 Å². The van der Waals surface area contributed by atoms with Crippen LogP contribution in [0.4, 0.5) is 34.1 Å². The molecule has 2 heterocycles. The molecule has 4 aliphatic rings. The van der Waals surface area contributed by atoms with Gasteiger partial charge in [-0.25, -0.2) is 0 Å². The molecule has 2 aliphatic carbocycles. The average Bonchev–Trinajstić information content (AvgIpc) is 3.25. The van der Waals surface area contributed by atoms with Gasteiger partial charge in [0.25, 0.3) is 6.71 Å². The summed E-state index contributed by atoms with van der Waals surface area (Å²) in [7, 11) is 0. The predicted octanol–water partition coefficient (Wildman–Crippen LogP) is 16.6. The highest BCUT2D eigenvalue weighted by Gasteiger charge is 2.47. The number of nitrogens with zero attached hydrogens (tertiary/aromatic N) is 2. The summed E-state index contributed by atoms with van der Waals surface area (Å²) in [6, 6.07) is 40.1. The summed E-state index contributed by atoms with van der Waals surface area (Å²) in [5.74, 6) is 0. The molecule has 0 N–H and O–H groups in total. The van der Waals surface area contributed by atoms with Crippen LogP contribution in [-0.2, 0) is 37.9 Å². The molecule has 0 fully saturated rings. The lowest BCUT2D eigenvalue weighted by Gasteiger charge is -2.48. The molecule has 6 aromatic carbocycles. The molecule has 0 unspecified atom stereocenters. The topological polar surface area (TPSA) is 6.48 Å². The van der Waals surface area contributed by atoms with Gasteiger partial charge in [-0.15, -0.1) is 0 Å². The monoisotopic (exact) mass is 913 g/mol. The second-order valence-corrected chi connectivity index (χ2v) is 27.8. The molecule has 0 saturated carbocycles. The van der Waals surface area contributed by atoms with Crippen LogP contribution in [0.25, 0.3) is 11.1 Å². The van der Waals surface area contributed by atoms with Crippen molar-refractivity contribution in [3.05, 3.63) is 147 Å². The molecule has 0 atom stereocenters. The summed E-state index contributed by atoms with van der Waals surface area (Å²) in [5, 5.41) is 0. The van der Waals surface area contributed by atoms with Gasteiger partial charge in [0.1, 0.15) is 0 Å². The highest BCUT2D eigenvalue weighted by Crippen LogP contribution is 2.54. The normalized spacial score (nSPS) is 18.5. The lowest BCUT2D eigenvalue weighted by atomic mass is 9.33. The first-order valence-corrected chi connectivity index (χ1v) is 26.4. The minimum absolute atomic E-state index is 0.00439. The second kappa shape index (κ2) is 15.2. The first kappa shape index (κ1) is 47.7. The van der Waals surface area contributed by atoms with E-state index < -0.39 is 0 Å². The predicted molar refractivity (Wildman–Crippen MR) is 302 cm³/mol. The van der Waals surface area contributed by atoms with E-state index in [0.29, 0.717) is 0 Å². The van der Waals surface area contributed by atoms with Crippen molar-refractivity contribution in [3.8, 4) is 11.1 Å². The number of fused-ring (bicyclic) bond motifs is 6. The van der Waals surface area contributed by atoms with Gasteiger partial charge in [0.2, 0.25) is 0 Å². The van der Waals surface area contributed by atoms with Gasteiger partial charge < -0.3 is 9.80 Å². The van der Waals surface area contributed by atoms with E-state index in [4.69, 9.17) is 0 Å². The number of anilines is 6. The Labute approximate surface area is 418 Å². The average molecular weight is 913 g/mol. The summed E-state index contributed by atoms with van der Waals surface area (Å²) in [5.41, 5.74) is 27.5. The van der Waals surface area contributed by atoms with Gasteiger partial charge in [-0.2, -0.15) is 0 Å². The van der Waals surface area contributed by atoms with Crippen molar-refractivity contribution in [1.29, 1.82) is 0 Å². The van der Waals surface area contributed by atoms with Crippen molar-refractivity contribution in [2.45, 2.75) is 195 Å². The molecule has 0 aromatic heterocycles. The molecule has 6 aromatic rings. The number of hydrogen-bond acceptors (Lipinski definition) is 2. The third-order valence-corrected chi connectivity index (χ3v) is 17.6. The first-order chi connectivity index (χ1) is 31.9. The van der Waals surface area contributed by atoms with Crippen molar-refractivity contribution < 1.29 is 0 Å². The van der Waals surface area contributed by atoms with Crippen LogP contribution in [0.5, 0.6) is 0 Å². The summed E-state index contributed by atoms with van der Waals surface area (Å²) in [6.07, 6.45) is 4.73. The lowest BCUT2D eigenvalue weighted by Crippen LogP contribution is -2.62. The van der Waals surface area contributed by atoms with Crippen molar-refractivity contribution in [2.24, 2.45) is 0 Å². The quantitative estimate of drug-likeness (QED) is 0.163. The van der Waals surface area contributed by atoms with Crippen LogP contribution >= 0.6 is 0 Å². The van der Waals surface area contributed by atoms with Crippen LogP contribution in [0, 0.1) is 13.8 Å². The maximum Gasteiger partial charge on any atom is 0.252 e. The van der Waals surface area contributed by atoms with E-state index in [1.807, 2.05) is 0 Å². The van der Waals surface area contributed by atoms with Crippen LogP contribution in [0.3, 0.4) is 0 Å². The molecule has 0 radical (unpaired) electrons. The fourth-order valence-electron chi connectivity index (χ4n) is 12.7. The molecule has 10 rings (SSSR count). The van der Waals surface area contributed by atoms with Gasteiger partial charge >= 0.3 is 0 Å². The van der Waals surface area contributed by atoms with E-state index in [2.05, 4.69) is 238 Å². The van der Waals surface area contributed by atoms with E-state index in [-0.39, 0.29) is 44.6 Å². The third kappa shape index (κ3) is 7.65. The highest BCUT2D eigenvalue weighted by molar-refractivity contribution is 7.00. The summed E-state index contributed by atoms with van der Waals surface area (Å²) < 4.78 is 0. The van der Waals surface area contributed by atoms with E-state index in [1.165, 1.54) is 137 Å². The number of rotatable bonds is 3. The van der Waals surface area contributed by atoms with Crippen LogP contribution in [0.2, 0.25) is 0 Å². The zero-order chi connectivity index (χ0) is 49.9. The smallest absolute Gasteiger partial charge is 0.252 e. The van der Waals surface area contributed by atoms with Gasteiger partial charge in [-0.1, -0.05) is 172 Å². The Balaban J connectivity index is 1.35. The zero-order valence-electron chi connectivity index (χ0n) is 46.0. The molecule has 2 nitrogen and oxygen atoms in total. The minimum atomic E-state index is -0.0274. The first-order valence-electron chi connectivity index (χ1n) is 26.4. The molecule has 358 valence electrons. The van der Waals surface area contributed by atoms with Gasteiger partial charge in [-0.3, -0.25) is 0 Å². The molecule has 0 amide bonds. The van der Waals surface area contributed by atoms with E-state index in [1.54, 1.807) is 0 Å². The van der Waals surface area contributed by atoms with Gasteiger partial charge in [0.15, 0.2) is 0 Å². The van der Waals surface area contributed by atoms with Crippen molar-refractivity contribution >= 4 is 57.2 Å². The van der Waals surface area contributed by atoms with Gasteiger partial charge in [0, 0.05) is 34.0 Å². The lowest BCUT2D eigenvalue weighted by molar-refractivity contribution is 0.332. The van der Waals surface area contributed by atoms with Crippen molar-refractivity contribution in [2.75, 3.05) is 9.80 Å². The Bertz CT molecular complexity index is 3100. The van der Waals surface area contributed by atoms with Crippen LogP contribution < -0.4 is 26.2 Å². The fraction of sp³-hybridized carbons (Fsp3) is 0.455. The molecule has 0 spiro atoms. The van der Waals surface area contributed by atoms with Crippen molar-refractivity contribution in [1.82, 2.24) is 0 Å². The minimum Gasteiger partial charge on any atom is -0.311 e. The van der Waals surface area contributed by atoms with Gasteiger partial charge in [-0.05, 0) is 192 Å². The highest BCUT2D eigenvalue weighted by atomic mass is 15.2. The third-order valence-electron chi connectivity index (χ3n) is 17.6. The maximum atomic E-state index is 2.73. The molecule has 2 aliphatic heterocycles. The Morgan fingerprint density at radius 3 is 1.41 bits per heavy atom. The van der Waals surface area contributed by atoms with Crippen LogP contribution in [0.15, 0.2) is 97.1 Å². The van der Waals surface area contributed by atoms with Crippen LogP contribution in [-0.4, -0.2) is 6.71 Å². The Morgan fingerprint density at radius 2 is 0.841 bits per heavy atom. The van der Waals surface area contributed by atoms with Crippen molar-refractivity contribution in [3.63, 3.8) is 0 Å². The largest absolute Gasteiger partial charge is 0.311 e. The Morgan fingerprint density at radius 1 is 0.391 bits per heavy atom. The maximum absolute atomic E-state index is 2.73. The Kier molecular flexibility index (Phi) is 10.5. The molecule has 3 heteroatoms. The summed E-state index contributed by atoms with van der Waals surface area (Å²) in [6.45, 7) is 45.7. The van der Waals surface area contributed by atoms with Gasteiger partial charge in [0.05, 0.1) is 5.69 Å². The summed E-state index contributed by atoms with van der Waals surface area (Å²) in [4.78, 5) is 5.40. The molecular formula is C66H81BN2. The van der Waals surface area contributed by atoms with Crippen LogP contribution in [0.1, 0.15) is 193 Å². The zero-order valence-corrected chi connectivity index (χ0v) is 46.0. The molecule has 69 heavy (non-hydrogen) atoms. The number of hydrogen-bond donors (Lipinski definition) is 0. The summed E-state index contributed by atoms with van der Waals surface area (Å²) >= 11 is 0. The number of benzene rings is 6. The molecular weight excluding hydrogens is 832 g/mol. The molecule has 0 bridgehead atoms. The number of aryl methyl sites for hydroxylation is 2. The van der Waals surface area contributed by atoms with E-state index in [9.17, 15) is 0 Å². The molecule has 0 saturated heterocycles.